The first-order chi connectivity index (χ1) is 9.29. The Morgan fingerprint density at radius 2 is 1.79 bits per heavy atom. The van der Waals surface area contributed by atoms with Crippen LogP contribution in [0, 0.1) is 29.6 Å². The molecule has 0 spiro atoms. The predicted molar refractivity (Wildman–Crippen MR) is 78.2 cm³/mol. The molecule has 0 saturated heterocycles. The third kappa shape index (κ3) is 2.18. The number of hydrogen-bond donors (Lipinski definition) is 0. The Balaban J connectivity index is 1.43. The van der Waals surface area contributed by atoms with Gasteiger partial charge < -0.3 is 0 Å². The highest BCUT2D eigenvalue weighted by molar-refractivity contribution is 7.07. The molecule has 0 aromatic carbocycles. The molecule has 0 radical (unpaired) electrons. The fourth-order valence-electron chi connectivity index (χ4n) is 5.32. The molecule has 19 heavy (non-hydrogen) atoms. The number of hydrogen-bond acceptors (Lipinski definition) is 2. The molecule has 1 nitrogen and oxygen atoms in total. The van der Waals surface area contributed by atoms with Gasteiger partial charge in [0.1, 0.15) is 5.78 Å². The van der Waals surface area contributed by atoms with Gasteiger partial charge in [-0.05, 0) is 84.6 Å². The van der Waals surface area contributed by atoms with Gasteiger partial charge in [-0.15, -0.1) is 0 Å². The summed E-state index contributed by atoms with van der Waals surface area (Å²) in [5.41, 5.74) is 1.35. The van der Waals surface area contributed by atoms with Crippen LogP contribution in [0.3, 0.4) is 0 Å². The fraction of sp³-hybridized carbons (Fsp3) is 0.706. The van der Waals surface area contributed by atoms with E-state index in [2.05, 4.69) is 16.8 Å². The van der Waals surface area contributed by atoms with Crippen molar-refractivity contribution in [1.82, 2.24) is 0 Å². The molecule has 0 atom stereocenters. The molecular weight excluding hydrogens is 252 g/mol. The van der Waals surface area contributed by atoms with Crippen LogP contribution in [0.5, 0.6) is 0 Å². The van der Waals surface area contributed by atoms with Crippen molar-refractivity contribution in [2.75, 3.05) is 0 Å². The molecule has 4 saturated carbocycles. The maximum Gasteiger partial charge on any atom is 0.136 e. The molecule has 1 aromatic rings. The molecule has 2 heteroatoms. The Morgan fingerprint density at radius 1 is 1.11 bits per heavy atom. The largest absolute Gasteiger partial charge is 0.299 e. The molecule has 0 N–H and O–H groups in total. The van der Waals surface area contributed by atoms with Gasteiger partial charge in [0.2, 0.25) is 0 Å². The molecule has 5 rings (SSSR count). The van der Waals surface area contributed by atoms with Gasteiger partial charge >= 0.3 is 0 Å². The number of carbonyl (C=O) groups is 1. The first-order valence-electron chi connectivity index (χ1n) is 7.83. The van der Waals surface area contributed by atoms with E-state index < -0.39 is 0 Å². The molecule has 4 aliphatic carbocycles. The molecule has 1 heterocycles. The van der Waals surface area contributed by atoms with E-state index in [1.165, 1.54) is 37.7 Å². The summed E-state index contributed by atoms with van der Waals surface area (Å²) in [6.07, 6.45) is 8.67. The van der Waals surface area contributed by atoms with Gasteiger partial charge in [-0.25, -0.2) is 0 Å². The smallest absolute Gasteiger partial charge is 0.136 e. The standard InChI is InChI=1S/C17H22OS/c18-16(2-1-11-3-4-19-10-11)17-14-6-12-5-13(8-14)9-15(17)7-12/h3-4,10,12-15,17H,1-2,5-9H2. The van der Waals surface area contributed by atoms with Crippen LogP contribution in [0.25, 0.3) is 0 Å². The lowest BCUT2D eigenvalue weighted by molar-refractivity contribution is -0.135. The highest BCUT2D eigenvalue weighted by atomic mass is 32.1. The predicted octanol–water partition coefficient (Wildman–Crippen LogP) is 4.32. The summed E-state index contributed by atoms with van der Waals surface area (Å²) in [7, 11) is 0. The maximum absolute atomic E-state index is 12.6. The van der Waals surface area contributed by atoms with E-state index in [0.29, 0.717) is 11.7 Å². The van der Waals surface area contributed by atoms with E-state index in [1.807, 2.05) is 0 Å². The minimum absolute atomic E-state index is 0.437. The number of aryl methyl sites for hydroxylation is 1. The van der Waals surface area contributed by atoms with Crippen LogP contribution in [0.15, 0.2) is 16.8 Å². The fourth-order valence-corrected chi connectivity index (χ4v) is 6.02. The lowest BCUT2D eigenvalue weighted by atomic mass is 9.51. The average molecular weight is 274 g/mol. The Morgan fingerprint density at radius 3 is 2.37 bits per heavy atom. The molecule has 0 amide bonds. The molecule has 0 unspecified atom stereocenters. The number of thiophene rings is 1. The van der Waals surface area contributed by atoms with Crippen molar-refractivity contribution in [3.8, 4) is 0 Å². The van der Waals surface area contributed by atoms with Crippen LogP contribution in [0.4, 0.5) is 0 Å². The van der Waals surface area contributed by atoms with Crippen LogP contribution in [0.2, 0.25) is 0 Å². The van der Waals surface area contributed by atoms with Crippen LogP contribution < -0.4 is 0 Å². The zero-order valence-corrected chi connectivity index (χ0v) is 12.2. The molecule has 0 aliphatic heterocycles. The topological polar surface area (TPSA) is 17.1 Å². The van der Waals surface area contributed by atoms with Gasteiger partial charge in [0.05, 0.1) is 0 Å². The lowest BCUT2D eigenvalue weighted by Gasteiger charge is -2.53. The van der Waals surface area contributed by atoms with Gasteiger partial charge in [-0.3, -0.25) is 4.79 Å². The van der Waals surface area contributed by atoms with Gasteiger partial charge in [0.15, 0.2) is 0 Å². The Hall–Kier alpha value is -0.630. The quantitative estimate of drug-likeness (QED) is 0.799. The third-order valence-corrected chi connectivity index (χ3v) is 6.57. The van der Waals surface area contributed by atoms with E-state index in [0.717, 1.165) is 36.5 Å². The first-order valence-corrected chi connectivity index (χ1v) is 8.77. The molecule has 102 valence electrons. The lowest BCUT2D eigenvalue weighted by Crippen LogP contribution is -2.48. The zero-order valence-electron chi connectivity index (χ0n) is 11.4. The minimum Gasteiger partial charge on any atom is -0.299 e. The van der Waals surface area contributed by atoms with E-state index in [-0.39, 0.29) is 0 Å². The summed E-state index contributed by atoms with van der Waals surface area (Å²) in [6.45, 7) is 0. The van der Waals surface area contributed by atoms with Crippen molar-refractivity contribution >= 4 is 17.1 Å². The maximum atomic E-state index is 12.6. The van der Waals surface area contributed by atoms with Gasteiger partial charge in [0, 0.05) is 12.3 Å². The third-order valence-electron chi connectivity index (χ3n) is 5.84. The average Bonchev–Trinajstić information content (AvgIpc) is 2.88. The second-order valence-electron chi connectivity index (χ2n) is 7.05. The summed E-state index contributed by atoms with van der Waals surface area (Å²) >= 11 is 1.74. The van der Waals surface area contributed by atoms with Crippen molar-refractivity contribution < 1.29 is 4.79 Å². The summed E-state index contributed by atoms with van der Waals surface area (Å²) < 4.78 is 0. The van der Waals surface area contributed by atoms with Gasteiger partial charge in [-0.1, -0.05) is 0 Å². The highest BCUT2D eigenvalue weighted by Gasteiger charge is 2.50. The summed E-state index contributed by atoms with van der Waals surface area (Å²) in [6, 6.07) is 2.16. The molecule has 4 aliphatic rings. The molecule has 1 aromatic heterocycles. The number of carbonyl (C=O) groups excluding carboxylic acids is 1. The van der Waals surface area contributed by atoms with E-state index >= 15 is 0 Å². The monoisotopic (exact) mass is 274 g/mol. The van der Waals surface area contributed by atoms with E-state index in [1.54, 1.807) is 11.3 Å². The number of ketones is 1. The molecular formula is C17H22OS. The molecule has 4 fully saturated rings. The van der Waals surface area contributed by atoms with Crippen molar-refractivity contribution in [1.29, 1.82) is 0 Å². The van der Waals surface area contributed by atoms with Crippen molar-refractivity contribution in [2.45, 2.75) is 44.9 Å². The van der Waals surface area contributed by atoms with Crippen LogP contribution in [-0.4, -0.2) is 5.78 Å². The second kappa shape index (κ2) is 4.73. The minimum atomic E-state index is 0.437. The van der Waals surface area contributed by atoms with Gasteiger partial charge in [0.25, 0.3) is 0 Å². The first kappa shape index (κ1) is 12.1. The number of Topliss-reactive ketones (excluding diaryl/α,β-unsaturated/α-hetero) is 1. The highest BCUT2D eigenvalue weighted by Crippen LogP contribution is 2.56. The molecule has 4 bridgehead atoms. The van der Waals surface area contributed by atoms with Crippen LogP contribution in [-0.2, 0) is 11.2 Å². The number of rotatable bonds is 4. The summed E-state index contributed by atoms with van der Waals surface area (Å²) in [5.74, 6) is 4.48. The summed E-state index contributed by atoms with van der Waals surface area (Å²) in [5, 5.41) is 4.30. The SMILES string of the molecule is O=C(CCc1ccsc1)C1C2CC3CC(C2)CC1C3. The zero-order chi connectivity index (χ0) is 12.8. The normalized spacial score (nSPS) is 39.7. The van der Waals surface area contributed by atoms with E-state index in [4.69, 9.17) is 0 Å². The van der Waals surface area contributed by atoms with E-state index in [9.17, 15) is 4.79 Å². The summed E-state index contributed by atoms with van der Waals surface area (Å²) in [4.78, 5) is 12.6. The van der Waals surface area contributed by atoms with Crippen molar-refractivity contribution in [3.05, 3.63) is 22.4 Å². The second-order valence-corrected chi connectivity index (χ2v) is 7.83. The van der Waals surface area contributed by atoms with Crippen LogP contribution in [0.1, 0.15) is 44.1 Å². The van der Waals surface area contributed by atoms with Gasteiger partial charge in [-0.2, -0.15) is 11.3 Å². The Kier molecular flexibility index (Phi) is 3.02. The van der Waals surface area contributed by atoms with Crippen molar-refractivity contribution in [3.63, 3.8) is 0 Å². The Bertz CT molecular complexity index is 434. The Labute approximate surface area is 119 Å². The van der Waals surface area contributed by atoms with Crippen molar-refractivity contribution in [2.24, 2.45) is 29.6 Å². The van der Waals surface area contributed by atoms with Crippen LogP contribution >= 0.6 is 11.3 Å².